The van der Waals surface area contributed by atoms with E-state index >= 15 is 0 Å². The standard InChI is InChI=1S/C9H10N6O2S/c10-8-7(9(11)15-18(16,17)14-8)13-12-6-4-2-1-3-5-6/h1-5,12H,(H2,10,14)(H2,11,15). The fraction of sp³-hybridized carbons (Fsp3) is 0. The third-order valence-corrected chi connectivity index (χ3v) is 2.84. The summed E-state index contributed by atoms with van der Waals surface area (Å²) in [7, 11) is -3.98. The van der Waals surface area contributed by atoms with Gasteiger partial charge in [-0.25, -0.2) is 0 Å². The second kappa shape index (κ2) is 4.45. The molecule has 0 bridgehead atoms. The first-order chi connectivity index (χ1) is 8.48. The van der Waals surface area contributed by atoms with Crippen molar-refractivity contribution in [3.8, 4) is 0 Å². The maximum absolute atomic E-state index is 11.1. The van der Waals surface area contributed by atoms with Gasteiger partial charge in [-0.15, -0.1) is 8.80 Å². The van der Waals surface area contributed by atoms with E-state index in [2.05, 4.69) is 19.3 Å². The van der Waals surface area contributed by atoms with Gasteiger partial charge in [0.1, 0.15) is 0 Å². The largest absolute Gasteiger partial charge is 0.381 e. The molecule has 0 saturated heterocycles. The van der Waals surface area contributed by atoms with Crippen molar-refractivity contribution < 1.29 is 8.42 Å². The minimum absolute atomic E-state index is 0.00585. The summed E-state index contributed by atoms with van der Waals surface area (Å²) in [5.74, 6) is -0.600. The van der Waals surface area contributed by atoms with E-state index in [0.29, 0.717) is 5.69 Å². The van der Waals surface area contributed by atoms with Crippen LogP contribution in [-0.4, -0.2) is 25.8 Å². The maximum atomic E-state index is 11.1. The fourth-order valence-corrected chi connectivity index (χ4v) is 1.95. The highest BCUT2D eigenvalue weighted by atomic mass is 32.2. The number of benzene rings is 1. The van der Waals surface area contributed by atoms with E-state index in [1.807, 2.05) is 18.2 Å². The van der Waals surface area contributed by atoms with Crippen LogP contribution < -0.4 is 16.9 Å². The van der Waals surface area contributed by atoms with Crippen molar-refractivity contribution >= 4 is 33.3 Å². The number of hydrogen-bond acceptors (Lipinski definition) is 6. The number of hydrogen-bond donors (Lipinski definition) is 3. The van der Waals surface area contributed by atoms with Gasteiger partial charge in [0.2, 0.25) is 0 Å². The Hall–Kier alpha value is -2.42. The van der Waals surface area contributed by atoms with Crippen molar-refractivity contribution in [1.29, 1.82) is 0 Å². The van der Waals surface area contributed by atoms with Gasteiger partial charge in [-0.1, -0.05) is 18.2 Å². The molecule has 0 spiro atoms. The zero-order valence-corrected chi connectivity index (χ0v) is 9.92. The SMILES string of the molecule is NC1=NS(=O)(=O)N=C(N)C1=NNc1ccccc1. The molecular formula is C9H10N6O2S. The monoisotopic (exact) mass is 266 g/mol. The van der Waals surface area contributed by atoms with Crippen molar-refractivity contribution in [1.82, 2.24) is 0 Å². The van der Waals surface area contributed by atoms with E-state index in [0.717, 1.165) is 0 Å². The van der Waals surface area contributed by atoms with Crippen LogP contribution in [0.2, 0.25) is 0 Å². The van der Waals surface area contributed by atoms with E-state index in [9.17, 15) is 8.42 Å². The number of para-hydroxylation sites is 1. The summed E-state index contributed by atoms with van der Waals surface area (Å²) >= 11 is 0. The van der Waals surface area contributed by atoms with Gasteiger partial charge in [0.05, 0.1) is 5.69 Å². The van der Waals surface area contributed by atoms with Crippen molar-refractivity contribution in [2.24, 2.45) is 25.4 Å². The Labute approximate surface area is 103 Å². The van der Waals surface area contributed by atoms with Crippen LogP contribution in [0, 0.1) is 0 Å². The lowest BCUT2D eigenvalue weighted by Gasteiger charge is -2.09. The molecule has 1 aliphatic heterocycles. The molecule has 0 amide bonds. The Morgan fingerprint density at radius 3 is 2.17 bits per heavy atom. The first-order valence-corrected chi connectivity index (χ1v) is 6.23. The molecule has 0 unspecified atom stereocenters. The number of nitrogens with two attached hydrogens (primary N) is 2. The van der Waals surface area contributed by atoms with Crippen molar-refractivity contribution in [3.63, 3.8) is 0 Å². The first kappa shape index (κ1) is 12.0. The van der Waals surface area contributed by atoms with Crippen molar-refractivity contribution in [2.45, 2.75) is 0 Å². The van der Waals surface area contributed by atoms with E-state index in [1.54, 1.807) is 12.1 Å². The quantitative estimate of drug-likeness (QED) is 0.616. The highest BCUT2D eigenvalue weighted by molar-refractivity contribution is 7.89. The van der Waals surface area contributed by atoms with Gasteiger partial charge in [-0.3, -0.25) is 5.43 Å². The van der Waals surface area contributed by atoms with Crippen LogP contribution in [0.5, 0.6) is 0 Å². The molecule has 8 nitrogen and oxygen atoms in total. The van der Waals surface area contributed by atoms with Crippen LogP contribution in [0.25, 0.3) is 0 Å². The molecule has 5 N–H and O–H groups in total. The van der Waals surface area contributed by atoms with Crippen LogP contribution in [0.3, 0.4) is 0 Å². The highest BCUT2D eigenvalue weighted by Crippen LogP contribution is 2.06. The Morgan fingerprint density at radius 2 is 1.61 bits per heavy atom. The topological polar surface area (TPSA) is 135 Å². The average molecular weight is 266 g/mol. The first-order valence-electron chi connectivity index (χ1n) is 4.83. The van der Waals surface area contributed by atoms with Gasteiger partial charge < -0.3 is 11.5 Å². The number of hydrazone groups is 1. The van der Waals surface area contributed by atoms with Crippen molar-refractivity contribution in [3.05, 3.63) is 30.3 Å². The van der Waals surface area contributed by atoms with Gasteiger partial charge in [-0.05, 0) is 12.1 Å². The Kier molecular flexibility index (Phi) is 2.98. The minimum atomic E-state index is -3.98. The number of anilines is 1. The molecule has 9 heteroatoms. The lowest BCUT2D eigenvalue weighted by Crippen LogP contribution is -2.40. The molecule has 0 radical (unpaired) electrons. The van der Waals surface area contributed by atoms with Crippen molar-refractivity contribution in [2.75, 3.05) is 5.43 Å². The Morgan fingerprint density at radius 1 is 1.06 bits per heavy atom. The summed E-state index contributed by atoms with van der Waals surface area (Å²) in [6.45, 7) is 0. The molecule has 0 aromatic heterocycles. The smallest absolute Gasteiger partial charge is 0.367 e. The summed E-state index contributed by atoms with van der Waals surface area (Å²) < 4.78 is 28.5. The highest BCUT2D eigenvalue weighted by Gasteiger charge is 2.22. The van der Waals surface area contributed by atoms with E-state index in [4.69, 9.17) is 11.5 Å². The molecule has 0 fully saturated rings. The number of nitrogens with zero attached hydrogens (tertiary/aromatic N) is 3. The van der Waals surface area contributed by atoms with Crippen LogP contribution in [0.15, 0.2) is 44.2 Å². The second-order valence-corrected chi connectivity index (χ2v) is 4.60. The third-order valence-electron chi connectivity index (χ3n) is 1.98. The summed E-state index contributed by atoms with van der Waals surface area (Å²) in [6, 6.07) is 9.00. The van der Waals surface area contributed by atoms with Gasteiger partial charge in [0, 0.05) is 0 Å². The number of nitrogens with one attached hydrogen (secondary N) is 1. The van der Waals surface area contributed by atoms with E-state index in [-0.39, 0.29) is 17.4 Å². The molecule has 1 aromatic carbocycles. The third kappa shape index (κ3) is 2.63. The van der Waals surface area contributed by atoms with E-state index in [1.165, 1.54) is 0 Å². The zero-order valence-electron chi connectivity index (χ0n) is 9.11. The van der Waals surface area contributed by atoms with Crippen LogP contribution in [0.4, 0.5) is 5.69 Å². The molecular weight excluding hydrogens is 256 g/mol. The minimum Gasteiger partial charge on any atom is -0.381 e. The van der Waals surface area contributed by atoms with Crippen LogP contribution >= 0.6 is 0 Å². The summed E-state index contributed by atoms with van der Waals surface area (Å²) in [6.07, 6.45) is 0. The Balaban J connectivity index is 2.27. The number of rotatable bonds is 2. The van der Waals surface area contributed by atoms with Crippen LogP contribution in [0.1, 0.15) is 0 Å². The molecule has 0 aliphatic carbocycles. The molecule has 1 aliphatic rings. The average Bonchev–Trinajstić information content (AvgIpc) is 2.27. The van der Waals surface area contributed by atoms with Crippen LogP contribution in [-0.2, 0) is 10.2 Å². The Bertz CT molecular complexity index is 619. The zero-order chi connectivity index (χ0) is 13.2. The molecule has 1 aromatic rings. The lowest BCUT2D eigenvalue weighted by atomic mass is 10.3. The van der Waals surface area contributed by atoms with Gasteiger partial charge in [0.25, 0.3) is 0 Å². The molecule has 18 heavy (non-hydrogen) atoms. The van der Waals surface area contributed by atoms with E-state index < -0.39 is 10.2 Å². The molecule has 0 saturated carbocycles. The summed E-state index contributed by atoms with van der Waals surface area (Å²) in [5.41, 5.74) is 14.3. The predicted octanol–water partition coefficient (Wildman–Crippen LogP) is -0.573. The van der Waals surface area contributed by atoms with Gasteiger partial charge in [-0.2, -0.15) is 13.5 Å². The molecule has 0 atom stereocenters. The maximum Gasteiger partial charge on any atom is 0.367 e. The number of amidine groups is 2. The lowest BCUT2D eigenvalue weighted by molar-refractivity contribution is 0.600. The second-order valence-electron chi connectivity index (χ2n) is 3.34. The molecule has 1 heterocycles. The van der Waals surface area contributed by atoms with Gasteiger partial charge >= 0.3 is 10.2 Å². The fourth-order valence-electron chi connectivity index (χ4n) is 1.23. The summed E-state index contributed by atoms with van der Waals surface area (Å²) in [5, 5.41) is 3.87. The van der Waals surface area contributed by atoms with Gasteiger partial charge in [0.15, 0.2) is 17.4 Å². The summed E-state index contributed by atoms with van der Waals surface area (Å²) in [4.78, 5) is 0. The molecule has 2 rings (SSSR count). The predicted molar refractivity (Wildman–Crippen MR) is 69.7 cm³/mol. The molecule has 94 valence electrons. The normalized spacial score (nSPS) is 17.7.